The summed E-state index contributed by atoms with van der Waals surface area (Å²) in [6, 6.07) is 20.4. The molecule has 31 heavy (non-hydrogen) atoms. The van der Waals surface area contributed by atoms with E-state index < -0.39 is 18.0 Å². The summed E-state index contributed by atoms with van der Waals surface area (Å²) in [5, 5.41) is 2.77. The van der Waals surface area contributed by atoms with Gasteiger partial charge in [0, 0.05) is 23.4 Å². The third kappa shape index (κ3) is 5.54. The van der Waals surface area contributed by atoms with E-state index in [0.29, 0.717) is 28.5 Å². The second-order valence-electron chi connectivity index (χ2n) is 6.52. The highest BCUT2D eigenvalue weighted by molar-refractivity contribution is 5.98. The standard InChI is InChI=1S/C24H23NO6/c1-28-19-11-7-10-18(14-19)25-23(26)22(16-8-5-4-6-9-16)31-24(27)17-12-20(29-2)15-21(13-17)30-3/h4-15,22H,1-3H3,(H,25,26)/t22-/m0/s1. The van der Waals surface area contributed by atoms with Gasteiger partial charge in [-0.15, -0.1) is 0 Å². The molecule has 3 rings (SSSR count). The number of methoxy groups -OCH3 is 3. The van der Waals surface area contributed by atoms with Crippen molar-refractivity contribution in [1.29, 1.82) is 0 Å². The van der Waals surface area contributed by atoms with E-state index in [1.54, 1.807) is 54.6 Å². The topological polar surface area (TPSA) is 83.1 Å². The van der Waals surface area contributed by atoms with Crippen molar-refractivity contribution in [3.8, 4) is 17.2 Å². The lowest BCUT2D eigenvalue weighted by molar-refractivity contribution is -0.125. The molecule has 0 bridgehead atoms. The molecule has 0 saturated heterocycles. The zero-order valence-corrected chi connectivity index (χ0v) is 17.5. The fraction of sp³-hybridized carbons (Fsp3) is 0.167. The van der Waals surface area contributed by atoms with Crippen LogP contribution < -0.4 is 19.5 Å². The number of anilines is 1. The predicted molar refractivity (Wildman–Crippen MR) is 116 cm³/mol. The normalized spacial score (nSPS) is 11.2. The molecule has 0 aliphatic heterocycles. The maximum absolute atomic E-state index is 13.0. The molecular formula is C24H23NO6. The Bertz CT molecular complexity index is 1030. The maximum Gasteiger partial charge on any atom is 0.339 e. The number of nitrogens with one attached hydrogen (secondary N) is 1. The number of esters is 1. The Kier molecular flexibility index (Phi) is 7.11. The first-order chi connectivity index (χ1) is 15.0. The molecule has 0 saturated carbocycles. The average Bonchev–Trinajstić information content (AvgIpc) is 2.82. The highest BCUT2D eigenvalue weighted by Gasteiger charge is 2.26. The lowest BCUT2D eigenvalue weighted by Crippen LogP contribution is -2.26. The Morgan fingerprint density at radius 2 is 1.39 bits per heavy atom. The van der Waals surface area contributed by atoms with Gasteiger partial charge in [0.25, 0.3) is 5.91 Å². The van der Waals surface area contributed by atoms with Crippen molar-refractivity contribution in [2.24, 2.45) is 0 Å². The third-order valence-electron chi connectivity index (χ3n) is 4.49. The van der Waals surface area contributed by atoms with Crippen LogP contribution in [0, 0.1) is 0 Å². The van der Waals surface area contributed by atoms with Gasteiger partial charge in [0.1, 0.15) is 17.2 Å². The minimum atomic E-state index is -1.17. The molecule has 1 atom stereocenters. The van der Waals surface area contributed by atoms with Crippen LogP contribution in [0.2, 0.25) is 0 Å². The second-order valence-corrected chi connectivity index (χ2v) is 6.52. The van der Waals surface area contributed by atoms with E-state index in [-0.39, 0.29) is 5.56 Å². The molecule has 0 spiro atoms. The molecule has 0 heterocycles. The number of rotatable bonds is 8. The van der Waals surface area contributed by atoms with E-state index in [4.69, 9.17) is 18.9 Å². The van der Waals surface area contributed by atoms with Crippen LogP contribution in [0.1, 0.15) is 22.0 Å². The van der Waals surface area contributed by atoms with Gasteiger partial charge in [0.2, 0.25) is 6.10 Å². The summed E-state index contributed by atoms with van der Waals surface area (Å²) in [6.45, 7) is 0. The largest absolute Gasteiger partial charge is 0.497 e. The van der Waals surface area contributed by atoms with Gasteiger partial charge in [0.05, 0.1) is 26.9 Å². The van der Waals surface area contributed by atoms with Crippen molar-refractivity contribution < 1.29 is 28.5 Å². The van der Waals surface area contributed by atoms with E-state index in [9.17, 15) is 9.59 Å². The molecule has 7 heteroatoms. The molecule has 1 amide bonds. The van der Waals surface area contributed by atoms with Gasteiger partial charge in [0.15, 0.2) is 0 Å². The number of carbonyl (C=O) groups excluding carboxylic acids is 2. The first kappa shape index (κ1) is 21.7. The molecule has 3 aromatic carbocycles. The van der Waals surface area contributed by atoms with E-state index in [1.165, 1.54) is 33.5 Å². The molecule has 0 fully saturated rings. The summed E-state index contributed by atoms with van der Waals surface area (Å²) in [7, 11) is 4.51. The summed E-state index contributed by atoms with van der Waals surface area (Å²) in [5.74, 6) is 0.274. The molecule has 7 nitrogen and oxygen atoms in total. The zero-order valence-electron chi connectivity index (χ0n) is 17.5. The van der Waals surface area contributed by atoms with Crippen LogP contribution >= 0.6 is 0 Å². The van der Waals surface area contributed by atoms with Crippen LogP contribution in [0.4, 0.5) is 5.69 Å². The van der Waals surface area contributed by atoms with E-state index in [1.807, 2.05) is 6.07 Å². The second kappa shape index (κ2) is 10.2. The fourth-order valence-electron chi connectivity index (χ4n) is 2.91. The minimum Gasteiger partial charge on any atom is -0.497 e. The van der Waals surface area contributed by atoms with Crippen molar-refractivity contribution in [2.75, 3.05) is 26.6 Å². The quantitative estimate of drug-likeness (QED) is 0.548. The molecule has 1 N–H and O–H groups in total. The van der Waals surface area contributed by atoms with Crippen LogP contribution in [0.15, 0.2) is 72.8 Å². The molecule has 160 valence electrons. The van der Waals surface area contributed by atoms with Crippen LogP contribution in [0.5, 0.6) is 17.2 Å². The zero-order chi connectivity index (χ0) is 22.2. The number of amides is 1. The smallest absolute Gasteiger partial charge is 0.339 e. The Labute approximate surface area is 180 Å². The van der Waals surface area contributed by atoms with Crippen molar-refractivity contribution in [1.82, 2.24) is 0 Å². The van der Waals surface area contributed by atoms with Crippen molar-refractivity contribution in [3.63, 3.8) is 0 Å². The minimum absolute atomic E-state index is 0.200. The number of hydrogen-bond acceptors (Lipinski definition) is 6. The lowest BCUT2D eigenvalue weighted by Gasteiger charge is -2.19. The van der Waals surface area contributed by atoms with Crippen molar-refractivity contribution in [3.05, 3.63) is 83.9 Å². The van der Waals surface area contributed by atoms with Crippen molar-refractivity contribution in [2.45, 2.75) is 6.10 Å². The summed E-state index contributed by atoms with van der Waals surface area (Å²) in [6.07, 6.45) is -1.17. The van der Waals surface area contributed by atoms with Crippen LogP contribution in [-0.4, -0.2) is 33.2 Å². The molecule has 0 aromatic heterocycles. The SMILES string of the molecule is COc1cccc(NC(=O)[C@@H](OC(=O)c2cc(OC)cc(OC)c2)c2ccccc2)c1. The lowest BCUT2D eigenvalue weighted by atomic mass is 10.1. The Morgan fingerprint density at radius 1 is 0.742 bits per heavy atom. The summed E-state index contributed by atoms with van der Waals surface area (Å²) >= 11 is 0. The summed E-state index contributed by atoms with van der Waals surface area (Å²) in [5.41, 5.74) is 1.25. The van der Waals surface area contributed by atoms with Crippen LogP contribution in [-0.2, 0) is 9.53 Å². The van der Waals surface area contributed by atoms with Crippen molar-refractivity contribution >= 4 is 17.6 Å². The summed E-state index contributed by atoms with van der Waals surface area (Å²) < 4.78 is 21.2. The maximum atomic E-state index is 13.0. The first-order valence-corrected chi connectivity index (χ1v) is 9.48. The number of ether oxygens (including phenoxy) is 4. The van der Waals surface area contributed by atoms with Gasteiger partial charge in [-0.05, 0) is 24.3 Å². The molecular weight excluding hydrogens is 398 g/mol. The highest BCUT2D eigenvalue weighted by atomic mass is 16.5. The molecule has 3 aromatic rings. The fourth-order valence-corrected chi connectivity index (χ4v) is 2.91. The first-order valence-electron chi connectivity index (χ1n) is 9.48. The van der Waals surface area contributed by atoms with Gasteiger partial charge in [-0.2, -0.15) is 0 Å². The number of hydrogen-bond donors (Lipinski definition) is 1. The van der Waals surface area contributed by atoms with Gasteiger partial charge in [-0.3, -0.25) is 4.79 Å². The van der Waals surface area contributed by atoms with E-state index >= 15 is 0 Å². The Hall–Kier alpha value is -4.00. The Balaban J connectivity index is 1.87. The Morgan fingerprint density at radius 3 is 2.00 bits per heavy atom. The van der Waals surface area contributed by atoms with Gasteiger partial charge < -0.3 is 24.3 Å². The van der Waals surface area contributed by atoms with Crippen LogP contribution in [0.3, 0.4) is 0 Å². The highest BCUT2D eigenvalue weighted by Crippen LogP contribution is 2.27. The average molecular weight is 421 g/mol. The molecule has 0 aliphatic rings. The predicted octanol–water partition coefficient (Wildman–Crippen LogP) is 4.25. The van der Waals surface area contributed by atoms with Gasteiger partial charge >= 0.3 is 5.97 Å². The van der Waals surface area contributed by atoms with E-state index in [0.717, 1.165) is 0 Å². The molecule has 0 radical (unpaired) electrons. The monoisotopic (exact) mass is 421 g/mol. The van der Waals surface area contributed by atoms with Crippen LogP contribution in [0.25, 0.3) is 0 Å². The molecule has 0 unspecified atom stereocenters. The number of carbonyl (C=O) groups is 2. The van der Waals surface area contributed by atoms with Gasteiger partial charge in [-0.1, -0.05) is 36.4 Å². The van der Waals surface area contributed by atoms with Gasteiger partial charge in [-0.25, -0.2) is 4.79 Å². The number of benzene rings is 3. The van der Waals surface area contributed by atoms with E-state index in [2.05, 4.69) is 5.32 Å². The third-order valence-corrected chi connectivity index (χ3v) is 4.49. The summed E-state index contributed by atoms with van der Waals surface area (Å²) in [4.78, 5) is 25.9. The molecule has 0 aliphatic carbocycles.